The van der Waals surface area contributed by atoms with Gasteiger partial charge in [-0.25, -0.2) is 4.39 Å². The maximum atomic E-state index is 13.4. The van der Waals surface area contributed by atoms with Crippen molar-refractivity contribution in [1.29, 1.82) is 0 Å². The number of aliphatic hydroxyl groups is 1. The lowest BCUT2D eigenvalue weighted by molar-refractivity contribution is 0.158. The minimum Gasteiger partial charge on any atom is -0.396 e. The summed E-state index contributed by atoms with van der Waals surface area (Å²) >= 11 is 0. The Morgan fingerprint density at radius 1 is 1.36 bits per heavy atom. The van der Waals surface area contributed by atoms with E-state index in [-0.39, 0.29) is 17.8 Å². The Labute approximate surface area is 84.6 Å². The molecule has 2 heteroatoms. The Morgan fingerprint density at radius 3 is 2.50 bits per heavy atom. The SMILES string of the molecule is Cc1ccc(CC(C)(C)CO)c(F)c1. The van der Waals surface area contributed by atoms with Gasteiger partial charge in [-0.05, 0) is 36.0 Å². The number of benzene rings is 1. The lowest BCUT2D eigenvalue weighted by atomic mass is 9.86. The van der Waals surface area contributed by atoms with Crippen LogP contribution in [-0.2, 0) is 6.42 Å². The molecule has 0 unspecified atom stereocenters. The summed E-state index contributed by atoms with van der Waals surface area (Å²) < 4.78 is 13.4. The summed E-state index contributed by atoms with van der Waals surface area (Å²) in [5, 5.41) is 9.08. The summed E-state index contributed by atoms with van der Waals surface area (Å²) in [5.41, 5.74) is 1.35. The zero-order chi connectivity index (χ0) is 10.8. The predicted octanol–water partition coefficient (Wildman–Crippen LogP) is 2.70. The van der Waals surface area contributed by atoms with Crippen molar-refractivity contribution in [2.75, 3.05) is 6.61 Å². The summed E-state index contributed by atoms with van der Waals surface area (Å²) in [5.74, 6) is -0.175. The smallest absolute Gasteiger partial charge is 0.126 e. The van der Waals surface area contributed by atoms with Gasteiger partial charge in [0.1, 0.15) is 5.82 Å². The summed E-state index contributed by atoms with van der Waals surface area (Å²) in [6, 6.07) is 5.22. The van der Waals surface area contributed by atoms with Gasteiger partial charge in [0.25, 0.3) is 0 Å². The summed E-state index contributed by atoms with van der Waals surface area (Å²) in [7, 11) is 0. The molecular weight excluding hydrogens is 179 g/mol. The van der Waals surface area contributed by atoms with E-state index < -0.39 is 0 Å². The highest BCUT2D eigenvalue weighted by Gasteiger charge is 2.18. The van der Waals surface area contributed by atoms with Crippen molar-refractivity contribution in [3.8, 4) is 0 Å². The molecule has 0 aliphatic heterocycles. The Kier molecular flexibility index (Phi) is 3.27. The van der Waals surface area contributed by atoms with Crippen LogP contribution < -0.4 is 0 Å². The van der Waals surface area contributed by atoms with E-state index in [0.717, 1.165) is 5.56 Å². The third-order valence-corrected chi connectivity index (χ3v) is 2.31. The van der Waals surface area contributed by atoms with Gasteiger partial charge in [-0.2, -0.15) is 0 Å². The highest BCUT2D eigenvalue weighted by molar-refractivity contribution is 5.24. The minimum atomic E-state index is -0.254. The molecule has 0 saturated heterocycles. The number of rotatable bonds is 3. The van der Waals surface area contributed by atoms with Crippen LogP contribution in [0.15, 0.2) is 18.2 Å². The average Bonchev–Trinajstić information content (AvgIpc) is 2.10. The van der Waals surface area contributed by atoms with E-state index in [9.17, 15) is 4.39 Å². The number of aryl methyl sites for hydroxylation is 1. The lowest BCUT2D eigenvalue weighted by Gasteiger charge is -2.21. The maximum absolute atomic E-state index is 13.4. The van der Waals surface area contributed by atoms with Crippen molar-refractivity contribution in [1.82, 2.24) is 0 Å². The molecule has 1 aromatic carbocycles. The van der Waals surface area contributed by atoms with Gasteiger partial charge in [0.05, 0.1) is 0 Å². The van der Waals surface area contributed by atoms with Crippen LogP contribution in [0.4, 0.5) is 4.39 Å². The fourth-order valence-electron chi connectivity index (χ4n) is 1.37. The quantitative estimate of drug-likeness (QED) is 0.788. The van der Waals surface area contributed by atoms with Gasteiger partial charge < -0.3 is 5.11 Å². The molecule has 0 atom stereocenters. The molecule has 1 N–H and O–H groups in total. The van der Waals surface area contributed by atoms with Crippen LogP contribution in [0.2, 0.25) is 0 Å². The van der Waals surface area contributed by atoms with Gasteiger partial charge in [-0.15, -0.1) is 0 Å². The number of hydrogen-bond donors (Lipinski definition) is 1. The van der Waals surface area contributed by atoms with Crippen molar-refractivity contribution >= 4 is 0 Å². The Bertz CT molecular complexity index is 318. The second-order valence-corrected chi connectivity index (χ2v) is 4.59. The molecule has 0 heterocycles. The summed E-state index contributed by atoms with van der Waals surface area (Å²) in [4.78, 5) is 0. The van der Waals surface area contributed by atoms with Crippen LogP contribution in [0, 0.1) is 18.2 Å². The number of halogens is 1. The largest absolute Gasteiger partial charge is 0.396 e. The van der Waals surface area contributed by atoms with Gasteiger partial charge in [0.15, 0.2) is 0 Å². The van der Waals surface area contributed by atoms with Crippen molar-refractivity contribution in [3.63, 3.8) is 0 Å². The molecule has 0 aliphatic rings. The Hall–Kier alpha value is -0.890. The van der Waals surface area contributed by atoms with Crippen molar-refractivity contribution in [2.24, 2.45) is 5.41 Å². The fourth-order valence-corrected chi connectivity index (χ4v) is 1.37. The molecule has 14 heavy (non-hydrogen) atoms. The average molecular weight is 196 g/mol. The molecule has 0 saturated carbocycles. The number of hydrogen-bond acceptors (Lipinski definition) is 1. The van der Waals surface area contributed by atoms with Crippen LogP contribution in [-0.4, -0.2) is 11.7 Å². The monoisotopic (exact) mass is 196 g/mol. The van der Waals surface area contributed by atoms with Crippen LogP contribution in [0.1, 0.15) is 25.0 Å². The second-order valence-electron chi connectivity index (χ2n) is 4.59. The van der Waals surface area contributed by atoms with Gasteiger partial charge in [0.2, 0.25) is 0 Å². The molecule has 0 fully saturated rings. The second kappa shape index (κ2) is 4.09. The Morgan fingerprint density at radius 2 is 2.00 bits per heavy atom. The minimum absolute atomic E-state index is 0.0698. The molecule has 0 bridgehead atoms. The Balaban J connectivity index is 2.87. The summed E-state index contributed by atoms with van der Waals surface area (Å²) in [6.07, 6.45) is 0.565. The van der Waals surface area contributed by atoms with Gasteiger partial charge in [-0.1, -0.05) is 26.0 Å². The van der Waals surface area contributed by atoms with Crippen LogP contribution in [0.25, 0.3) is 0 Å². The van der Waals surface area contributed by atoms with Gasteiger partial charge in [-0.3, -0.25) is 0 Å². The first-order valence-corrected chi connectivity index (χ1v) is 4.80. The highest BCUT2D eigenvalue weighted by atomic mass is 19.1. The van der Waals surface area contributed by atoms with Gasteiger partial charge >= 0.3 is 0 Å². The third-order valence-electron chi connectivity index (χ3n) is 2.31. The molecule has 0 amide bonds. The molecule has 0 spiro atoms. The molecule has 0 radical (unpaired) electrons. The van der Waals surface area contributed by atoms with E-state index >= 15 is 0 Å². The highest BCUT2D eigenvalue weighted by Crippen LogP contribution is 2.23. The molecule has 0 aromatic heterocycles. The third kappa shape index (κ3) is 2.81. The van der Waals surface area contributed by atoms with E-state index in [1.807, 2.05) is 26.8 Å². The molecule has 1 rings (SSSR count). The first-order chi connectivity index (χ1) is 6.44. The standard InChI is InChI=1S/C12H17FO/c1-9-4-5-10(11(13)6-9)7-12(2,3)8-14/h4-6,14H,7-8H2,1-3H3. The lowest BCUT2D eigenvalue weighted by Crippen LogP contribution is -2.20. The summed E-state index contributed by atoms with van der Waals surface area (Å²) in [6.45, 7) is 5.78. The molecular formula is C12H17FO. The first-order valence-electron chi connectivity index (χ1n) is 4.80. The number of aliphatic hydroxyl groups excluding tert-OH is 1. The zero-order valence-electron chi connectivity index (χ0n) is 8.97. The fraction of sp³-hybridized carbons (Fsp3) is 0.500. The van der Waals surface area contributed by atoms with Crippen LogP contribution >= 0.6 is 0 Å². The molecule has 1 nitrogen and oxygen atoms in total. The predicted molar refractivity (Wildman–Crippen MR) is 55.7 cm³/mol. The van der Waals surface area contributed by atoms with Crippen molar-refractivity contribution < 1.29 is 9.50 Å². The van der Waals surface area contributed by atoms with E-state index in [0.29, 0.717) is 12.0 Å². The zero-order valence-corrected chi connectivity index (χ0v) is 8.97. The normalized spacial score (nSPS) is 11.8. The molecule has 78 valence electrons. The topological polar surface area (TPSA) is 20.2 Å². The molecule has 1 aromatic rings. The van der Waals surface area contributed by atoms with E-state index in [1.165, 1.54) is 6.07 Å². The van der Waals surface area contributed by atoms with Crippen molar-refractivity contribution in [3.05, 3.63) is 35.1 Å². The molecule has 0 aliphatic carbocycles. The maximum Gasteiger partial charge on any atom is 0.126 e. The van der Waals surface area contributed by atoms with Crippen molar-refractivity contribution in [2.45, 2.75) is 27.2 Å². The van der Waals surface area contributed by atoms with Crippen LogP contribution in [0.5, 0.6) is 0 Å². The van der Waals surface area contributed by atoms with E-state index in [4.69, 9.17) is 5.11 Å². The van der Waals surface area contributed by atoms with E-state index in [1.54, 1.807) is 6.07 Å². The van der Waals surface area contributed by atoms with Crippen LogP contribution in [0.3, 0.4) is 0 Å². The first kappa shape index (κ1) is 11.2. The van der Waals surface area contributed by atoms with Gasteiger partial charge in [0, 0.05) is 6.61 Å². The van der Waals surface area contributed by atoms with E-state index in [2.05, 4.69) is 0 Å².